The summed E-state index contributed by atoms with van der Waals surface area (Å²) in [6.45, 7) is 2.24. The molecule has 0 radical (unpaired) electrons. The van der Waals surface area contributed by atoms with Crippen LogP contribution in [0.5, 0.6) is 5.88 Å². The summed E-state index contributed by atoms with van der Waals surface area (Å²) < 4.78 is 4.93. The highest BCUT2D eigenvalue weighted by Crippen LogP contribution is 2.06. The van der Waals surface area contributed by atoms with Crippen LogP contribution in [0.15, 0.2) is 18.3 Å². The highest BCUT2D eigenvalue weighted by Gasteiger charge is 2.10. The molecule has 0 aliphatic carbocycles. The first-order valence-electron chi connectivity index (χ1n) is 5.00. The van der Waals surface area contributed by atoms with Crippen molar-refractivity contribution in [2.75, 3.05) is 13.0 Å². The van der Waals surface area contributed by atoms with E-state index in [1.165, 1.54) is 0 Å². The van der Waals surface area contributed by atoms with E-state index in [0.29, 0.717) is 18.3 Å². The summed E-state index contributed by atoms with van der Waals surface area (Å²) in [6, 6.07) is 3.62. The SMILES string of the molecule is COc1ccc(CNC(=O)C(C)CCl)cn1. The minimum Gasteiger partial charge on any atom is -0.481 e. The fourth-order valence-electron chi connectivity index (χ4n) is 1.07. The van der Waals surface area contributed by atoms with Crippen LogP contribution in [0.2, 0.25) is 0 Å². The van der Waals surface area contributed by atoms with E-state index in [4.69, 9.17) is 16.3 Å². The second-order valence-electron chi connectivity index (χ2n) is 3.48. The van der Waals surface area contributed by atoms with Crippen LogP contribution in [-0.4, -0.2) is 23.9 Å². The number of amides is 1. The molecule has 1 unspecified atom stereocenters. The zero-order valence-electron chi connectivity index (χ0n) is 9.37. The molecule has 5 heteroatoms. The first kappa shape index (κ1) is 12.8. The van der Waals surface area contributed by atoms with E-state index >= 15 is 0 Å². The van der Waals surface area contributed by atoms with Crippen LogP contribution in [0.1, 0.15) is 12.5 Å². The monoisotopic (exact) mass is 242 g/mol. The van der Waals surface area contributed by atoms with Gasteiger partial charge >= 0.3 is 0 Å². The molecule has 1 aromatic heterocycles. The number of aromatic nitrogens is 1. The van der Waals surface area contributed by atoms with Crippen LogP contribution in [0, 0.1) is 5.92 Å². The van der Waals surface area contributed by atoms with E-state index in [2.05, 4.69) is 10.3 Å². The van der Waals surface area contributed by atoms with Crippen molar-refractivity contribution >= 4 is 17.5 Å². The molecule has 1 heterocycles. The number of carbonyl (C=O) groups excluding carboxylic acids is 1. The third kappa shape index (κ3) is 3.70. The van der Waals surface area contributed by atoms with Gasteiger partial charge in [-0.2, -0.15) is 0 Å². The van der Waals surface area contributed by atoms with E-state index in [-0.39, 0.29) is 11.8 Å². The molecule has 0 aliphatic heterocycles. The molecule has 4 nitrogen and oxygen atoms in total. The van der Waals surface area contributed by atoms with Gasteiger partial charge in [0.05, 0.1) is 7.11 Å². The van der Waals surface area contributed by atoms with Crippen LogP contribution in [0.3, 0.4) is 0 Å². The van der Waals surface area contributed by atoms with Crippen molar-refractivity contribution in [2.24, 2.45) is 5.92 Å². The number of nitrogens with one attached hydrogen (secondary N) is 1. The minimum atomic E-state index is -0.173. The number of hydrogen-bond donors (Lipinski definition) is 1. The summed E-state index contributed by atoms with van der Waals surface area (Å²) in [5.74, 6) is 0.662. The molecule has 0 saturated heterocycles. The number of carbonyl (C=O) groups is 1. The number of rotatable bonds is 5. The van der Waals surface area contributed by atoms with Gasteiger partial charge in [-0.05, 0) is 5.56 Å². The van der Waals surface area contributed by atoms with E-state index in [1.54, 1.807) is 26.3 Å². The van der Waals surface area contributed by atoms with Gasteiger partial charge in [0.15, 0.2) is 0 Å². The quantitative estimate of drug-likeness (QED) is 0.798. The van der Waals surface area contributed by atoms with Crippen molar-refractivity contribution in [1.29, 1.82) is 0 Å². The minimum absolute atomic E-state index is 0.0502. The molecule has 0 aliphatic rings. The Balaban J connectivity index is 2.45. The van der Waals surface area contributed by atoms with E-state index in [9.17, 15) is 4.79 Å². The molecule has 0 fully saturated rings. The largest absolute Gasteiger partial charge is 0.481 e. The third-order valence-electron chi connectivity index (χ3n) is 2.15. The van der Waals surface area contributed by atoms with Gasteiger partial charge in [-0.1, -0.05) is 13.0 Å². The average molecular weight is 243 g/mol. The molecule has 1 rings (SSSR count). The lowest BCUT2D eigenvalue weighted by Gasteiger charge is -2.09. The molecule has 1 atom stereocenters. The van der Waals surface area contributed by atoms with E-state index < -0.39 is 0 Å². The number of alkyl halides is 1. The Kier molecular flexibility index (Phi) is 5.05. The highest BCUT2D eigenvalue weighted by atomic mass is 35.5. The Morgan fingerprint density at radius 1 is 1.62 bits per heavy atom. The predicted octanol–water partition coefficient (Wildman–Crippen LogP) is 1.58. The summed E-state index contributed by atoms with van der Waals surface area (Å²) in [6.07, 6.45) is 1.67. The Hall–Kier alpha value is -1.29. The van der Waals surface area contributed by atoms with E-state index in [1.807, 2.05) is 6.07 Å². The fraction of sp³-hybridized carbons (Fsp3) is 0.455. The number of ether oxygens (including phenoxy) is 1. The zero-order chi connectivity index (χ0) is 12.0. The lowest BCUT2D eigenvalue weighted by atomic mass is 10.2. The van der Waals surface area contributed by atoms with Crippen molar-refractivity contribution in [1.82, 2.24) is 10.3 Å². The summed E-state index contributed by atoms with van der Waals surface area (Å²) >= 11 is 5.58. The van der Waals surface area contributed by atoms with Crippen molar-refractivity contribution in [3.8, 4) is 5.88 Å². The second kappa shape index (κ2) is 6.33. The van der Waals surface area contributed by atoms with Gasteiger partial charge in [0.25, 0.3) is 0 Å². The van der Waals surface area contributed by atoms with Crippen molar-refractivity contribution in [2.45, 2.75) is 13.5 Å². The van der Waals surface area contributed by atoms with Crippen LogP contribution in [0.4, 0.5) is 0 Å². The Morgan fingerprint density at radius 3 is 2.88 bits per heavy atom. The maximum absolute atomic E-state index is 11.4. The van der Waals surface area contributed by atoms with Crippen LogP contribution < -0.4 is 10.1 Å². The molecule has 1 N–H and O–H groups in total. The zero-order valence-corrected chi connectivity index (χ0v) is 10.1. The summed E-state index contributed by atoms with van der Waals surface area (Å²) in [7, 11) is 1.56. The molecular formula is C11H15ClN2O2. The molecule has 0 saturated carbocycles. The van der Waals surface area contributed by atoms with Crippen molar-refractivity contribution in [3.63, 3.8) is 0 Å². The van der Waals surface area contributed by atoms with Gasteiger partial charge in [-0.15, -0.1) is 11.6 Å². The Morgan fingerprint density at radius 2 is 2.38 bits per heavy atom. The maximum Gasteiger partial charge on any atom is 0.224 e. The first-order valence-corrected chi connectivity index (χ1v) is 5.53. The van der Waals surface area contributed by atoms with Gasteiger partial charge in [0.1, 0.15) is 0 Å². The molecule has 88 valence electrons. The lowest BCUT2D eigenvalue weighted by Crippen LogP contribution is -2.29. The van der Waals surface area contributed by atoms with Crippen LogP contribution in [-0.2, 0) is 11.3 Å². The molecule has 0 bridgehead atoms. The molecule has 1 aromatic rings. The standard InChI is InChI=1S/C11H15ClN2O2/c1-8(5-12)11(15)14-7-9-3-4-10(16-2)13-6-9/h3-4,6,8H,5,7H2,1-2H3,(H,14,15). The van der Waals surface area contributed by atoms with Crippen LogP contribution in [0.25, 0.3) is 0 Å². The maximum atomic E-state index is 11.4. The number of pyridine rings is 1. The third-order valence-corrected chi connectivity index (χ3v) is 2.62. The van der Waals surface area contributed by atoms with Gasteiger partial charge in [0.2, 0.25) is 11.8 Å². The summed E-state index contributed by atoms with van der Waals surface area (Å²) in [5, 5.41) is 2.78. The normalized spacial score (nSPS) is 11.9. The fourth-order valence-corrected chi connectivity index (χ4v) is 1.21. The number of hydrogen-bond acceptors (Lipinski definition) is 3. The smallest absolute Gasteiger partial charge is 0.224 e. The van der Waals surface area contributed by atoms with Gasteiger partial charge in [0, 0.05) is 30.6 Å². The molecular weight excluding hydrogens is 228 g/mol. The molecule has 16 heavy (non-hydrogen) atoms. The number of methoxy groups -OCH3 is 1. The number of nitrogens with zero attached hydrogens (tertiary/aromatic N) is 1. The molecule has 0 spiro atoms. The van der Waals surface area contributed by atoms with Gasteiger partial charge in [-0.3, -0.25) is 4.79 Å². The Labute approximate surface area is 100.0 Å². The van der Waals surface area contributed by atoms with Crippen molar-refractivity contribution < 1.29 is 9.53 Å². The molecule has 1 amide bonds. The second-order valence-corrected chi connectivity index (χ2v) is 3.79. The van der Waals surface area contributed by atoms with Gasteiger partial charge < -0.3 is 10.1 Å². The highest BCUT2D eigenvalue weighted by molar-refractivity contribution is 6.19. The van der Waals surface area contributed by atoms with Gasteiger partial charge in [-0.25, -0.2) is 4.98 Å². The number of halogens is 1. The lowest BCUT2D eigenvalue weighted by molar-refractivity contribution is -0.124. The predicted molar refractivity (Wildman–Crippen MR) is 62.5 cm³/mol. The van der Waals surface area contributed by atoms with Crippen LogP contribution >= 0.6 is 11.6 Å². The summed E-state index contributed by atoms with van der Waals surface area (Å²) in [4.78, 5) is 15.5. The van der Waals surface area contributed by atoms with E-state index in [0.717, 1.165) is 5.56 Å². The average Bonchev–Trinajstić information content (AvgIpc) is 2.35. The topological polar surface area (TPSA) is 51.2 Å². The molecule has 0 aromatic carbocycles. The first-order chi connectivity index (χ1) is 7.67. The Bertz CT molecular complexity index is 340. The van der Waals surface area contributed by atoms with Crippen molar-refractivity contribution in [3.05, 3.63) is 23.9 Å². The summed E-state index contributed by atoms with van der Waals surface area (Å²) in [5.41, 5.74) is 0.927.